The molecule has 10 nitrogen and oxygen atoms in total. The number of rotatable bonds is 7. The lowest BCUT2D eigenvalue weighted by Gasteiger charge is -2.14. The van der Waals surface area contributed by atoms with Crippen LogP contribution in [0, 0.1) is 6.92 Å². The molecule has 0 bridgehead atoms. The number of nitrogens with one attached hydrogen (secondary N) is 3. The predicted octanol–water partition coefficient (Wildman–Crippen LogP) is 3.33. The van der Waals surface area contributed by atoms with Crippen molar-refractivity contribution >= 4 is 29.0 Å². The van der Waals surface area contributed by atoms with Gasteiger partial charge < -0.3 is 16.0 Å². The molecule has 4 aromatic rings. The summed E-state index contributed by atoms with van der Waals surface area (Å²) in [5.74, 6) is 1.85. The second-order valence-corrected chi connectivity index (χ2v) is 7.54. The van der Waals surface area contributed by atoms with Crippen LogP contribution in [0.15, 0.2) is 61.4 Å². The summed E-state index contributed by atoms with van der Waals surface area (Å²) in [5.41, 5.74) is 2.90. The number of nitrogens with zero attached hydrogens (tertiary/aromatic N) is 6. The second kappa shape index (κ2) is 8.42. The molecule has 160 valence electrons. The van der Waals surface area contributed by atoms with Crippen molar-refractivity contribution in [1.29, 1.82) is 0 Å². The molecular weight excluding hydrogens is 406 g/mol. The Hall–Kier alpha value is -4.34. The van der Waals surface area contributed by atoms with Crippen molar-refractivity contribution in [2.75, 3.05) is 16.0 Å². The van der Waals surface area contributed by atoms with Gasteiger partial charge in [0.15, 0.2) is 0 Å². The highest BCUT2D eigenvalue weighted by Crippen LogP contribution is 2.27. The number of aromatic nitrogens is 6. The van der Waals surface area contributed by atoms with Crippen LogP contribution in [0.4, 0.5) is 23.1 Å². The summed E-state index contributed by atoms with van der Waals surface area (Å²) in [5, 5.41) is 17.0. The van der Waals surface area contributed by atoms with E-state index in [0.29, 0.717) is 29.1 Å². The lowest BCUT2D eigenvalue weighted by atomic mass is 10.1. The first kappa shape index (κ1) is 19.6. The van der Waals surface area contributed by atoms with Gasteiger partial charge in [-0.2, -0.15) is 10.2 Å². The number of hydrogen-bond acceptors (Lipinski definition) is 8. The van der Waals surface area contributed by atoms with E-state index in [9.17, 15) is 4.79 Å². The summed E-state index contributed by atoms with van der Waals surface area (Å²) in [7, 11) is 0. The summed E-state index contributed by atoms with van der Waals surface area (Å²) >= 11 is 0. The fourth-order valence-electron chi connectivity index (χ4n) is 3.16. The van der Waals surface area contributed by atoms with E-state index >= 15 is 0 Å². The molecule has 1 fully saturated rings. The SMILES string of the molecule is Cc1ccc(NC(=O)c2ccnnc2)cc1Nc1nccn1-c1cc(NC2CC2)ncn1. The molecule has 1 saturated carbocycles. The van der Waals surface area contributed by atoms with Crippen molar-refractivity contribution in [3.05, 3.63) is 72.6 Å². The van der Waals surface area contributed by atoms with Gasteiger partial charge in [-0.1, -0.05) is 6.07 Å². The van der Waals surface area contributed by atoms with Gasteiger partial charge in [0.1, 0.15) is 18.0 Å². The molecule has 0 aliphatic heterocycles. The molecule has 0 radical (unpaired) electrons. The maximum absolute atomic E-state index is 12.4. The molecule has 3 N–H and O–H groups in total. The van der Waals surface area contributed by atoms with Crippen LogP contribution in [0.5, 0.6) is 0 Å². The Bertz CT molecular complexity index is 1250. The molecule has 10 heteroatoms. The molecule has 5 rings (SSSR count). The van der Waals surface area contributed by atoms with Crippen molar-refractivity contribution in [2.45, 2.75) is 25.8 Å². The smallest absolute Gasteiger partial charge is 0.257 e. The zero-order valence-electron chi connectivity index (χ0n) is 17.4. The molecule has 1 aliphatic rings. The highest BCUT2D eigenvalue weighted by Gasteiger charge is 2.21. The van der Waals surface area contributed by atoms with Crippen LogP contribution >= 0.6 is 0 Å². The molecule has 32 heavy (non-hydrogen) atoms. The van der Waals surface area contributed by atoms with Gasteiger partial charge in [-0.05, 0) is 43.5 Å². The standard InChI is InChI=1S/C22H21N9O/c1-14-2-3-17(29-21(32)15-6-7-26-27-12-15)10-18(14)30-22-23-8-9-31(22)20-11-19(24-13-25-20)28-16-4-5-16/h2-3,6-13,16H,4-5H2,1H3,(H,23,30)(H,29,32)(H,24,25,28). The Kier molecular flexibility index (Phi) is 5.16. The van der Waals surface area contributed by atoms with Crippen LogP contribution in [-0.2, 0) is 0 Å². The highest BCUT2D eigenvalue weighted by atomic mass is 16.1. The molecular formula is C22H21N9O. The van der Waals surface area contributed by atoms with Crippen LogP contribution < -0.4 is 16.0 Å². The van der Waals surface area contributed by atoms with Gasteiger partial charge in [-0.3, -0.25) is 9.36 Å². The fraction of sp³-hybridized carbons (Fsp3) is 0.182. The number of carbonyl (C=O) groups is 1. The van der Waals surface area contributed by atoms with E-state index in [4.69, 9.17) is 0 Å². The maximum atomic E-state index is 12.4. The quantitative estimate of drug-likeness (QED) is 0.410. The molecule has 1 amide bonds. The van der Waals surface area contributed by atoms with E-state index in [-0.39, 0.29) is 5.91 Å². The van der Waals surface area contributed by atoms with Gasteiger partial charge in [-0.25, -0.2) is 15.0 Å². The average molecular weight is 427 g/mol. The van der Waals surface area contributed by atoms with Crippen molar-refractivity contribution < 1.29 is 4.79 Å². The first-order chi connectivity index (χ1) is 15.7. The number of anilines is 4. The minimum atomic E-state index is -0.257. The van der Waals surface area contributed by atoms with Crippen molar-refractivity contribution in [3.8, 4) is 5.82 Å². The number of carbonyl (C=O) groups excluding carboxylic acids is 1. The maximum Gasteiger partial charge on any atom is 0.257 e. The average Bonchev–Trinajstić information content (AvgIpc) is 3.51. The molecule has 3 aromatic heterocycles. The summed E-state index contributed by atoms with van der Waals surface area (Å²) in [4.78, 5) is 25.6. The summed E-state index contributed by atoms with van der Waals surface area (Å²) in [6.07, 6.45) is 10.3. The van der Waals surface area contributed by atoms with E-state index in [0.717, 1.165) is 17.1 Å². The molecule has 0 unspecified atom stereocenters. The van der Waals surface area contributed by atoms with Gasteiger partial charge in [-0.15, -0.1) is 0 Å². The molecule has 0 saturated heterocycles. The third-order valence-electron chi connectivity index (χ3n) is 5.06. The monoisotopic (exact) mass is 427 g/mol. The van der Waals surface area contributed by atoms with Gasteiger partial charge >= 0.3 is 0 Å². The van der Waals surface area contributed by atoms with Gasteiger partial charge in [0.05, 0.1) is 18.0 Å². The van der Waals surface area contributed by atoms with Crippen molar-refractivity contribution in [2.24, 2.45) is 0 Å². The Balaban J connectivity index is 1.36. The molecule has 3 heterocycles. The van der Waals surface area contributed by atoms with Crippen LogP contribution in [-0.4, -0.2) is 41.7 Å². The minimum Gasteiger partial charge on any atom is -0.367 e. The van der Waals surface area contributed by atoms with E-state index in [1.165, 1.54) is 25.2 Å². The highest BCUT2D eigenvalue weighted by molar-refractivity contribution is 6.04. The molecule has 1 aliphatic carbocycles. The Morgan fingerprint density at radius 2 is 1.97 bits per heavy atom. The normalized spacial score (nSPS) is 12.9. The first-order valence-corrected chi connectivity index (χ1v) is 10.2. The van der Waals surface area contributed by atoms with E-state index < -0.39 is 0 Å². The number of imidazole rings is 1. The van der Waals surface area contributed by atoms with Crippen LogP contribution in [0.25, 0.3) is 5.82 Å². The largest absolute Gasteiger partial charge is 0.367 e. The van der Waals surface area contributed by atoms with Crippen LogP contribution in [0.2, 0.25) is 0 Å². The number of aryl methyl sites for hydroxylation is 1. The lowest BCUT2D eigenvalue weighted by Crippen LogP contribution is -2.12. The van der Waals surface area contributed by atoms with Gasteiger partial charge in [0, 0.05) is 35.9 Å². The minimum absolute atomic E-state index is 0.257. The first-order valence-electron chi connectivity index (χ1n) is 10.2. The van der Waals surface area contributed by atoms with E-state index in [2.05, 4.69) is 41.1 Å². The summed E-state index contributed by atoms with van der Waals surface area (Å²) in [6, 6.07) is 9.65. The number of amides is 1. The lowest BCUT2D eigenvalue weighted by molar-refractivity contribution is 0.102. The Labute approximate surface area is 184 Å². The van der Waals surface area contributed by atoms with E-state index in [1.807, 2.05) is 42.0 Å². The van der Waals surface area contributed by atoms with Crippen molar-refractivity contribution in [3.63, 3.8) is 0 Å². The van der Waals surface area contributed by atoms with E-state index in [1.54, 1.807) is 18.6 Å². The third kappa shape index (κ3) is 4.38. The predicted molar refractivity (Wildman–Crippen MR) is 120 cm³/mol. The van der Waals surface area contributed by atoms with Crippen molar-refractivity contribution in [1.82, 2.24) is 29.7 Å². The second-order valence-electron chi connectivity index (χ2n) is 7.54. The topological polar surface area (TPSA) is 123 Å². The zero-order valence-corrected chi connectivity index (χ0v) is 17.4. The number of benzene rings is 1. The van der Waals surface area contributed by atoms with Gasteiger partial charge in [0.2, 0.25) is 5.95 Å². The fourth-order valence-corrected chi connectivity index (χ4v) is 3.16. The summed E-state index contributed by atoms with van der Waals surface area (Å²) < 4.78 is 1.85. The van der Waals surface area contributed by atoms with Crippen LogP contribution in [0.1, 0.15) is 28.8 Å². The Morgan fingerprint density at radius 3 is 2.78 bits per heavy atom. The Morgan fingerprint density at radius 1 is 1.06 bits per heavy atom. The number of hydrogen-bond donors (Lipinski definition) is 3. The summed E-state index contributed by atoms with van der Waals surface area (Å²) in [6.45, 7) is 1.98. The van der Waals surface area contributed by atoms with Gasteiger partial charge in [0.25, 0.3) is 5.91 Å². The zero-order chi connectivity index (χ0) is 21.9. The molecule has 1 aromatic carbocycles. The molecule has 0 spiro atoms. The molecule has 0 atom stereocenters. The van der Waals surface area contributed by atoms with Crippen LogP contribution in [0.3, 0.4) is 0 Å². The third-order valence-corrected chi connectivity index (χ3v) is 5.06.